The van der Waals surface area contributed by atoms with Gasteiger partial charge in [0.2, 0.25) is 0 Å². The minimum absolute atomic E-state index is 0.0257. The number of morpholine rings is 1. The molecule has 1 amide bonds. The van der Waals surface area contributed by atoms with E-state index in [2.05, 4.69) is 54.8 Å². The Morgan fingerprint density at radius 1 is 1.12 bits per heavy atom. The van der Waals surface area contributed by atoms with Crippen molar-refractivity contribution in [3.05, 3.63) is 40.6 Å². The molecule has 220 valence electrons. The number of hydrogen-bond acceptors (Lipinski definition) is 11. The molecule has 41 heavy (non-hydrogen) atoms. The number of thiazole rings is 1. The quantitative estimate of drug-likeness (QED) is 0.447. The first-order chi connectivity index (χ1) is 20.1. The predicted octanol–water partition coefficient (Wildman–Crippen LogP) is 3.15. The summed E-state index contributed by atoms with van der Waals surface area (Å²) in [5.74, 6) is 0.935. The number of ether oxygens (including phenoxy) is 2. The number of piperidine rings is 1. The van der Waals surface area contributed by atoms with Crippen LogP contribution in [0.4, 0.5) is 16.3 Å². The lowest BCUT2D eigenvalue weighted by Crippen LogP contribution is -2.48. The zero-order chi connectivity index (χ0) is 28.2. The Balaban J connectivity index is 1.07. The highest BCUT2D eigenvalue weighted by Gasteiger charge is 2.30. The summed E-state index contributed by atoms with van der Waals surface area (Å²) >= 11 is 1.43. The van der Waals surface area contributed by atoms with Gasteiger partial charge in [-0.3, -0.25) is 0 Å². The first kappa shape index (κ1) is 28.1. The van der Waals surface area contributed by atoms with E-state index in [-0.39, 0.29) is 18.6 Å². The van der Waals surface area contributed by atoms with E-state index in [4.69, 9.17) is 9.47 Å². The molecule has 1 N–H and O–H groups in total. The van der Waals surface area contributed by atoms with Gasteiger partial charge in [-0.25, -0.2) is 19.7 Å². The third-order valence-corrected chi connectivity index (χ3v) is 9.39. The lowest BCUT2D eigenvalue weighted by atomic mass is 9.92. The number of carbonyl (C=O) groups excluding carboxylic acids is 1. The number of amides is 1. The molecular weight excluding hydrogens is 542 g/mol. The third kappa shape index (κ3) is 6.40. The maximum absolute atomic E-state index is 12.5. The van der Waals surface area contributed by atoms with Crippen molar-refractivity contribution in [1.29, 1.82) is 0 Å². The minimum atomic E-state index is -0.685. The largest absolute Gasteiger partial charge is 0.443 e. The summed E-state index contributed by atoms with van der Waals surface area (Å²) in [6, 6.07) is 6.40. The summed E-state index contributed by atoms with van der Waals surface area (Å²) in [5.41, 5.74) is 2.75. The summed E-state index contributed by atoms with van der Waals surface area (Å²) in [7, 11) is 0. The zero-order valence-corrected chi connectivity index (χ0v) is 24.5. The zero-order valence-electron chi connectivity index (χ0n) is 23.7. The molecule has 3 fully saturated rings. The van der Waals surface area contributed by atoms with E-state index >= 15 is 0 Å². The Morgan fingerprint density at radius 3 is 2.76 bits per heavy atom. The summed E-state index contributed by atoms with van der Waals surface area (Å²) < 4.78 is 11.0. The molecule has 5 heterocycles. The second-order valence-electron chi connectivity index (χ2n) is 10.9. The van der Waals surface area contributed by atoms with E-state index in [1.165, 1.54) is 11.3 Å². The molecule has 3 aromatic rings. The highest BCUT2D eigenvalue weighted by molar-refractivity contribution is 7.09. The topological polar surface area (TPSA) is 107 Å². The number of hydrogen-bond donors (Lipinski definition) is 1. The number of carbonyl (C=O) groups is 1. The number of nitrogens with zero attached hydrogens (tertiary/aromatic N) is 7. The van der Waals surface area contributed by atoms with E-state index in [1.54, 1.807) is 11.2 Å². The predicted molar refractivity (Wildman–Crippen MR) is 158 cm³/mol. The Bertz CT molecular complexity index is 1330. The van der Waals surface area contributed by atoms with Crippen molar-refractivity contribution in [3.8, 4) is 0 Å². The fourth-order valence-corrected chi connectivity index (χ4v) is 6.84. The minimum Gasteiger partial charge on any atom is -0.443 e. The third-order valence-electron chi connectivity index (χ3n) is 8.42. The van der Waals surface area contributed by atoms with Crippen molar-refractivity contribution < 1.29 is 19.4 Å². The molecule has 2 unspecified atom stereocenters. The number of anilines is 2. The maximum Gasteiger partial charge on any atom is 0.410 e. The van der Waals surface area contributed by atoms with Crippen LogP contribution in [0.15, 0.2) is 29.9 Å². The van der Waals surface area contributed by atoms with Gasteiger partial charge in [-0.1, -0.05) is 6.92 Å². The molecular formula is C29H39N7O4S. The highest BCUT2D eigenvalue weighted by atomic mass is 32.1. The summed E-state index contributed by atoms with van der Waals surface area (Å²) in [6.07, 6.45) is 2.53. The van der Waals surface area contributed by atoms with Gasteiger partial charge in [0, 0.05) is 74.7 Å². The van der Waals surface area contributed by atoms with Gasteiger partial charge >= 0.3 is 6.09 Å². The molecule has 3 saturated heterocycles. The fraction of sp³-hybridized carbons (Fsp3) is 0.586. The molecule has 2 atom stereocenters. The Labute approximate surface area is 244 Å². The van der Waals surface area contributed by atoms with Crippen molar-refractivity contribution in [2.45, 2.75) is 32.5 Å². The van der Waals surface area contributed by atoms with Crippen molar-refractivity contribution in [1.82, 2.24) is 24.8 Å². The number of benzene rings is 1. The number of aliphatic hydroxyl groups excluding tert-OH is 1. The molecule has 0 saturated carbocycles. The first-order valence-electron chi connectivity index (χ1n) is 14.7. The number of rotatable bonds is 7. The van der Waals surface area contributed by atoms with Gasteiger partial charge in [-0.05, 0) is 37.6 Å². The summed E-state index contributed by atoms with van der Waals surface area (Å²) in [4.78, 5) is 35.0. The summed E-state index contributed by atoms with van der Waals surface area (Å²) in [5, 5.41) is 14.9. The van der Waals surface area contributed by atoms with Crippen molar-refractivity contribution in [3.63, 3.8) is 0 Å². The highest BCUT2D eigenvalue weighted by Crippen LogP contribution is 2.35. The van der Waals surface area contributed by atoms with E-state index in [0.29, 0.717) is 30.3 Å². The van der Waals surface area contributed by atoms with Gasteiger partial charge in [-0.2, -0.15) is 0 Å². The number of likely N-dealkylation sites (N-methyl/N-ethyl adjacent to an activating group) is 1. The van der Waals surface area contributed by atoms with Crippen molar-refractivity contribution in [2.24, 2.45) is 5.92 Å². The van der Waals surface area contributed by atoms with Crippen LogP contribution >= 0.6 is 11.3 Å². The number of aromatic nitrogens is 3. The van der Waals surface area contributed by atoms with E-state index < -0.39 is 6.10 Å². The van der Waals surface area contributed by atoms with Crippen LogP contribution in [-0.2, 0) is 16.1 Å². The monoisotopic (exact) mass is 581 g/mol. The molecule has 0 aliphatic carbocycles. The molecule has 0 radical (unpaired) electrons. The number of piperazine rings is 1. The van der Waals surface area contributed by atoms with Crippen LogP contribution in [0.1, 0.15) is 36.6 Å². The van der Waals surface area contributed by atoms with Crippen LogP contribution in [0.3, 0.4) is 0 Å². The normalized spacial score (nSPS) is 21.3. The van der Waals surface area contributed by atoms with Gasteiger partial charge < -0.3 is 34.2 Å². The average Bonchev–Trinajstić information content (AvgIpc) is 3.52. The molecule has 2 aromatic heterocycles. The average molecular weight is 582 g/mol. The van der Waals surface area contributed by atoms with Gasteiger partial charge in [0.15, 0.2) is 0 Å². The standard InChI is InChI=1S/C29H39N7O4S/c1-2-33-8-10-35(11-9-33)29(38)40-18-22-19-41-28(32-22)26(37)21-4-3-7-36(17-21)27-24-6-5-23(16-25(24)30-20-31-27)34-12-14-39-15-13-34/h5-6,16,19-21,26,37H,2-4,7-15,17-18H2,1H3. The second kappa shape index (κ2) is 12.8. The Morgan fingerprint density at radius 2 is 1.95 bits per heavy atom. The van der Waals surface area contributed by atoms with E-state index in [0.717, 1.165) is 87.7 Å². The van der Waals surface area contributed by atoms with Crippen molar-refractivity contribution >= 4 is 39.8 Å². The summed E-state index contributed by atoms with van der Waals surface area (Å²) in [6.45, 7) is 11.2. The Kier molecular flexibility index (Phi) is 8.80. The maximum atomic E-state index is 12.5. The van der Waals surface area contributed by atoms with E-state index in [1.807, 2.05) is 5.38 Å². The van der Waals surface area contributed by atoms with Crippen LogP contribution in [0, 0.1) is 5.92 Å². The molecule has 1 aromatic carbocycles. The van der Waals surface area contributed by atoms with Crippen molar-refractivity contribution in [2.75, 3.05) is 81.9 Å². The molecule has 6 rings (SSSR count). The van der Waals surface area contributed by atoms with Gasteiger partial charge in [0.25, 0.3) is 0 Å². The molecule has 11 nitrogen and oxygen atoms in total. The van der Waals surface area contributed by atoms with Gasteiger partial charge in [-0.15, -0.1) is 11.3 Å². The number of aliphatic hydroxyl groups is 1. The lowest BCUT2D eigenvalue weighted by molar-refractivity contribution is 0.0717. The molecule has 12 heteroatoms. The van der Waals surface area contributed by atoms with Gasteiger partial charge in [0.05, 0.1) is 24.4 Å². The van der Waals surface area contributed by atoms with E-state index in [9.17, 15) is 9.90 Å². The lowest BCUT2D eigenvalue weighted by Gasteiger charge is -2.35. The first-order valence-corrected chi connectivity index (χ1v) is 15.6. The molecule has 3 aliphatic rings. The smallest absolute Gasteiger partial charge is 0.410 e. The second-order valence-corrected chi connectivity index (χ2v) is 11.8. The molecule has 0 bridgehead atoms. The van der Waals surface area contributed by atoms with Gasteiger partial charge in [0.1, 0.15) is 29.9 Å². The fourth-order valence-electron chi connectivity index (χ4n) is 5.96. The Hall–Kier alpha value is -3.06. The van der Waals surface area contributed by atoms with Crippen LogP contribution in [0.2, 0.25) is 0 Å². The molecule has 0 spiro atoms. The molecule has 3 aliphatic heterocycles. The number of fused-ring (bicyclic) bond motifs is 1. The van der Waals surface area contributed by atoms with Crippen LogP contribution in [0.25, 0.3) is 10.9 Å². The SMILES string of the molecule is CCN1CCN(C(=O)OCc2csc(C(O)C3CCCN(c4ncnc5cc(N6CCOCC6)ccc45)C3)n2)CC1. The van der Waals surface area contributed by atoms with Crippen LogP contribution in [0.5, 0.6) is 0 Å². The van der Waals surface area contributed by atoms with Crippen LogP contribution in [-0.4, -0.2) is 108 Å². The van der Waals surface area contributed by atoms with Crippen LogP contribution < -0.4 is 9.80 Å².